The van der Waals surface area contributed by atoms with Gasteiger partial charge in [-0.1, -0.05) is 71.9 Å². The number of nitrogens with zero attached hydrogens (tertiary/aromatic N) is 3. The Hall–Kier alpha value is -2.61. The standard InChI is InChI=1S/C22H16BrClN4OS/c23-18-12-11-16(13-19(18)24)25-20(29)14-30-22-27-26-21(15-7-3-1-4-8-15)28(22)17-9-5-2-6-10-17/h1-13H,14H2,(H,25,29). The van der Waals surface area contributed by atoms with Gasteiger partial charge in [-0.2, -0.15) is 0 Å². The summed E-state index contributed by atoms with van der Waals surface area (Å²) in [5.74, 6) is 0.764. The first kappa shape index (κ1) is 20.7. The van der Waals surface area contributed by atoms with Gasteiger partial charge in [-0.15, -0.1) is 10.2 Å². The number of benzene rings is 3. The van der Waals surface area contributed by atoms with Crippen LogP contribution >= 0.6 is 39.3 Å². The molecule has 0 radical (unpaired) electrons. The average molecular weight is 500 g/mol. The molecule has 0 saturated carbocycles. The zero-order chi connectivity index (χ0) is 20.9. The number of hydrogen-bond donors (Lipinski definition) is 1. The van der Waals surface area contributed by atoms with Crippen molar-refractivity contribution in [3.05, 3.63) is 88.4 Å². The largest absolute Gasteiger partial charge is 0.325 e. The van der Waals surface area contributed by atoms with Crippen LogP contribution in [-0.2, 0) is 4.79 Å². The van der Waals surface area contributed by atoms with E-state index in [0.29, 0.717) is 15.9 Å². The van der Waals surface area contributed by atoms with Gasteiger partial charge in [-0.3, -0.25) is 9.36 Å². The van der Waals surface area contributed by atoms with Crippen molar-refractivity contribution in [1.82, 2.24) is 14.8 Å². The van der Waals surface area contributed by atoms with Gasteiger partial charge in [-0.25, -0.2) is 0 Å². The molecule has 1 aromatic heterocycles. The van der Waals surface area contributed by atoms with E-state index in [2.05, 4.69) is 31.4 Å². The Morgan fingerprint density at radius 2 is 1.70 bits per heavy atom. The van der Waals surface area contributed by atoms with Crippen LogP contribution in [0.4, 0.5) is 5.69 Å². The van der Waals surface area contributed by atoms with Crippen LogP contribution in [0.3, 0.4) is 0 Å². The fraction of sp³-hybridized carbons (Fsp3) is 0.0455. The van der Waals surface area contributed by atoms with E-state index in [4.69, 9.17) is 11.6 Å². The second kappa shape index (κ2) is 9.47. The first-order valence-electron chi connectivity index (χ1n) is 9.06. The third-order valence-electron chi connectivity index (χ3n) is 4.22. The molecule has 0 spiro atoms. The Balaban J connectivity index is 1.56. The highest BCUT2D eigenvalue weighted by atomic mass is 79.9. The molecule has 0 unspecified atom stereocenters. The van der Waals surface area contributed by atoms with Crippen LogP contribution in [0.25, 0.3) is 17.1 Å². The Morgan fingerprint density at radius 1 is 1.00 bits per heavy atom. The maximum atomic E-state index is 12.5. The lowest BCUT2D eigenvalue weighted by Crippen LogP contribution is -2.14. The first-order chi connectivity index (χ1) is 14.6. The highest BCUT2D eigenvalue weighted by Gasteiger charge is 2.17. The van der Waals surface area contributed by atoms with Crippen molar-refractivity contribution in [3.8, 4) is 17.1 Å². The molecule has 30 heavy (non-hydrogen) atoms. The Labute approximate surface area is 191 Å². The van der Waals surface area contributed by atoms with Gasteiger partial charge in [0.1, 0.15) is 0 Å². The van der Waals surface area contributed by atoms with Crippen LogP contribution in [0.15, 0.2) is 88.5 Å². The number of aromatic nitrogens is 3. The summed E-state index contributed by atoms with van der Waals surface area (Å²) in [7, 11) is 0. The molecule has 1 heterocycles. The summed E-state index contributed by atoms with van der Waals surface area (Å²) in [6.07, 6.45) is 0. The van der Waals surface area contributed by atoms with E-state index in [1.54, 1.807) is 18.2 Å². The van der Waals surface area contributed by atoms with Gasteiger partial charge >= 0.3 is 0 Å². The quantitative estimate of drug-likeness (QED) is 0.327. The molecule has 1 amide bonds. The monoisotopic (exact) mass is 498 g/mol. The molecule has 4 rings (SSSR count). The van der Waals surface area contributed by atoms with Crippen LogP contribution in [0.2, 0.25) is 5.02 Å². The molecule has 0 saturated heterocycles. The Bertz CT molecular complexity index is 1170. The summed E-state index contributed by atoms with van der Waals surface area (Å²) in [5.41, 5.74) is 2.53. The number of hydrogen-bond acceptors (Lipinski definition) is 4. The third kappa shape index (κ3) is 4.75. The fourth-order valence-corrected chi connectivity index (χ4v) is 4.03. The maximum Gasteiger partial charge on any atom is 0.234 e. The van der Waals surface area contributed by atoms with Crippen molar-refractivity contribution in [2.75, 3.05) is 11.1 Å². The van der Waals surface area contributed by atoms with Gasteiger partial charge in [0.05, 0.1) is 10.8 Å². The van der Waals surface area contributed by atoms with Gasteiger partial charge < -0.3 is 5.32 Å². The zero-order valence-electron chi connectivity index (χ0n) is 15.6. The van der Waals surface area contributed by atoms with E-state index < -0.39 is 0 Å². The number of thioether (sulfide) groups is 1. The molecule has 4 aromatic rings. The van der Waals surface area contributed by atoms with Crippen molar-refractivity contribution in [3.63, 3.8) is 0 Å². The van der Waals surface area contributed by atoms with Gasteiger partial charge in [0.2, 0.25) is 5.91 Å². The summed E-state index contributed by atoms with van der Waals surface area (Å²) >= 11 is 10.8. The van der Waals surface area contributed by atoms with Gasteiger partial charge in [-0.05, 0) is 46.3 Å². The summed E-state index contributed by atoms with van der Waals surface area (Å²) < 4.78 is 2.74. The predicted molar refractivity (Wildman–Crippen MR) is 125 cm³/mol. The molecule has 0 aliphatic carbocycles. The number of rotatable bonds is 6. The van der Waals surface area contributed by atoms with E-state index in [1.807, 2.05) is 65.2 Å². The number of carbonyl (C=O) groups is 1. The molecule has 0 fully saturated rings. The predicted octanol–water partition coefficient (Wildman–Crippen LogP) is 6.08. The summed E-state index contributed by atoms with van der Waals surface area (Å²) in [4.78, 5) is 12.5. The molecule has 0 aliphatic heterocycles. The van der Waals surface area contributed by atoms with Crippen molar-refractivity contribution >= 4 is 50.9 Å². The summed E-state index contributed by atoms with van der Waals surface area (Å²) in [5, 5.41) is 12.8. The highest BCUT2D eigenvalue weighted by Crippen LogP contribution is 2.29. The number of halogens is 2. The minimum Gasteiger partial charge on any atom is -0.325 e. The van der Waals surface area contributed by atoms with Gasteiger partial charge in [0.25, 0.3) is 0 Å². The van der Waals surface area contributed by atoms with E-state index in [0.717, 1.165) is 21.5 Å². The summed E-state index contributed by atoms with van der Waals surface area (Å²) in [6.45, 7) is 0. The minimum absolute atomic E-state index is 0.151. The first-order valence-corrected chi connectivity index (χ1v) is 11.2. The molecule has 0 atom stereocenters. The van der Waals surface area contributed by atoms with Crippen LogP contribution in [0, 0.1) is 0 Å². The zero-order valence-corrected chi connectivity index (χ0v) is 18.8. The molecule has 0 bridgehead atoms. The SMILES string of the molecule is O=C(CSc1nnc(-c2ccccc2)n1-c1ccccc1)Nc1ccc(Br)c(Cl)c1. The Kier molecular flexibility index (Phi) is 6.52. The van der Waals surface area contributed by atoms with E-state index in [9.17, 15) is 4.79 Å². The molecule has 1 N–H and O–H groups in total. The molecule has 150 valence electrons. The number of para-hydroxylation sites is 1. The van der Waals surface area contributed by atoms with Crippen LogP contribution in [0.1, 0.15) is 0 Å². The molecule has 0 aliphatic rings. The maximum absolute atomic E-state index is 12.5. The summed E-state index contributed by atoms with van der Waals surface area (Å²) in [6, 6.07) is 25.0. The normalized spacial score (nSPS) is 10.7. The average Bonchev–Trinajstić information content (AvgIpc) is 3.20. The van der Waals surface area contributed by atoms with Crippen LogP contribution < -0.4 is 5.32 Å². The van der Waals surface area contributed by atoms with E-state index >= 15 is 0 Å². The van der Waals surface area contributed by atoms with Crippen molar-refractivity contribution in [2.45, 2.75) is 5.16 Å². The highest BCUT2D eigenvalue weighted by molar-refractivity contribution is 9.10. The third-order valence-corrected chi connectivity index (χ3v) is 6.38. The number of amides is 1. The molecular weight excluding hydrogens is 484 g/mol. The second-order valence-electron chi connectivity index (χ2n) is 6.31. The second-order valence-corrected chi connectivity index (χ2v) is 8.51. The lowest BCUT2D eigenvalue weighted by atomic mass is 10.2. The van der Waals surface area contributed by atoms with Crippen molar-refractivity contribution in [1.29, 1.82) is 0 Å². The number of carbonyl (C=O) groups excluding carboxylic acids is 1. The van der Waals surface area contributed by atoms with Crippen LogP contribution in [-0.4, -0.2) is 26.4 Å². The minimum atomic E-state index is -0.151. The molecule has 8 heteroatoms. The van der Waals surface area contributed by atoms with Gasteiger partial charge in [0.15, 0.2) is 11.0 Å². The smallest absolute Gasteiger partial charge is 0.234 e. The van der Waals surface area contributed by atoms with Crippen molar-refractivity contribution < 1.29 is 4.79 Å². The molecule has 5 nitrogen and oxygen atoms in total. The fourth-order valence-electron chi connectivity index (χ4n) is 2.85. The Morgan fingerprint density at radius 3 is 2.40 bits per heavy atom. The molecule has 3 aromatic carbocycles. The lowest BCUT2D eigenvalue weighted by molar-refractivity contribution is -0.113. The topological polar surface area (TPSA) is 59.8 Å². The van der Waals surface area contributed by atoms with E-state index in [1.165, 1.54) is 11.8 Å². The lowest BCUT2D eigenvalue weighted by Gasteiger charge is -2.10. The van der Waals surface area contributed by atoms with Crippen molar-refractivity contribution in [2.24, 2.45) is 0 Å². The number of nitrogens with one attached hydrogen (secondary N) is 1. The van der Waals surface area contributed by atoms with E-state index in [-0.39, 0.29) is 11.7 Å². The number of anilines is 1. The van der Waals surface area contributed by atoms with Gasteiger partial charge in [0, 0.05) is 21.4 Å². The van der Waals surface area contributed by atoms with Crippen LogP contribution in [0.5, 0.6) is 0 Å². The molecular formula is C22H16BrClN4OS.